The minimum atomic E-state index is -3.48. The van der Waals surface area contributed by atoms with Crippen LogP contribution in [0.2, 0.25) is 0 Å². The number of anilines is 1. The molecule has 2 aromatic carbocycles. The molecule has 0 atom stereocenters. The molecule has 0 unspecified atom stereocenters. The fourth-order valence-electron chi connectivity index (χ4n) is 3.73. The summed E-state index contributed by atoms with van der Waals surface area (Å²) < 4.78 is 26.6. The maximum atomic E-state index is 12.7. The molecule has 5 nitrogen and oxygen atoms in total. The van der Waals surface area contributed by atoms with E-state index in [1.54, 1.807) is 26.2 Å². The third-order valence-electron chi connectivity index (χ3n) is 5.26. The van der Waals surface area contributed by atoms with E-state index in [1.807, 2.05) is 6.07 Å². The van der Waals surface area contributed by atoms with Crippen molar-refractivity contribution in [1.82, 2.24) is 9.29 Å². The molecule has 0 amide bonds. The molecule has 1 N–H and O–H groups in total. The highest BCUT2D eigenvalue weighted by atomic mass is 32.2. The van der Waals surface area contributed by atoms with Gasteiger partial charge in [0.2, 0.25) is 10.0 Å². The van der Waals surface area contributed by atoms with Crippen LogP contribution in [-0.4, -0.2) is 44.9 Å². The molecule has 3 aromatic rings. The van der Waals surface area contributed by atoms with E-state index in [0.29, 0.717) is 4.90 Å². The lowest BCUT2D eigenvalue weighted by molar-refractivity contribution is 0.521. The summed E-state index contributed by atoms with van der Waals surface area (Å²) in [5.74, 6) is 0. The van der Waals surface area contributed by atoms with Gasteiger partial charge in [-0.2, -0.15) is 0 Å². The predicted molar refractivity (Wildman–Crippen MR) is 111 cm³/mol. The van der Waals surface area contributed by atoms with Gasteiger partial charge in [-0.15, -0.1) is 0 Å². The molecule has 1 aliphatic rings. The van der Waals surface area contributed by atoms with Gasteiger partial charge in [0, 0.05) is 55.0 Å². The van der Waals surface area contributed by atoms with E-state index < -0.39 is 10.0 Å². The third kappa shape index (κ3) is 3.24. The zero-order valence-corrected chi connectivity index (χ0v) is 16.8. The number of fused-ring (bicyclic) bond motifs is 1. The Kier molecular flexibility index (Phi) is 4.48. The summed E-state index contributed by atoms with van der Waals surface area (Å²) in [5, 5.41) is 1.14. The van der Waals surface area contributed by atoms with Crippen molar-refractivity contribution in [2.45, 2.75) is 24.7 Å². The van der Waals surface area contributed by atoms with Gasteiger partial charge < -0.3 is 9.88 Å². The zero-order valence-electron chi connectivity index (χ0n) is 16.0. The van der Waals surface area contributed by atoms with E-state index in [4.69, 9.17) is 0 Å². The summed E-state index contributed by atoms with van der Waals surface area (Å²) in [7, 11) is -0.354. The van der Waals surface area contributed by atoms with Crippen molar-refractivity contribution in [3.8, 4) is 11.3 Å². The standard InChI is InChI=1S/C21H25N3O2S/c1-15-6-8-19-16(12-15)13-20(22-19)18-14-17(27(25,26)23(2)3)7-9-21(18)24-10-4-5-11-24/h6-9,12-14,22H,4-5,10-11H2,1-3H3. The summed E-state index contributed by atoms with van der Waals surface area (Å²) >= 11 is 0. The Labute approximate surface area is 160 Å². The van der Waals surface area contributed by atoms with Crippen LogP contribution in [0.5, 0.6) is 0 Å². The molecule has 4 rings (SSSR count). The fourth-order valence-corrected chi connectivity index (χ4v) is 4.66. The molecule has 27 heavy (non-hydrogen) atoms. The van der Waals surface area contributed by atoms with Gasteiger partial charge in [0.25, 0.3) is 0 Å². The molecule has 0 spiro atoms. The first-order chi connectivity index (χ1) is 12.9. The lowest BCUT2D eigenvalue weighted by atomic mass is 10.1. The largest absolute Gasteiger partial charge is 0.371 e. The van der Waals surface area contributed by atoms with E-state index in [2.05, 4.69) is 41.1 Å². The summed E-state index contributed by atoms with van der Waals surface area (Å²) in [6.45, 7) is 4.09. The van der Waals surface area contributed by atoms with Gasteiger partial charge in [-0.3, -0.25) is 0 Å². The SMILES string of the molecule is Cc1ccc2[nH]c(-c3cc(S(=O)(=O)N(C)C)ccc3N3CCCC3)cc2c1. The van der Waals surface area contributed by atoms with Crippen LogP contribution in [0.3, 0.4) is 0 Å². The number of rotatable bonds is 4. The number of hydrogen-bond donors (Lipinski definition) is 1. The van der Waals surface area contributed by atoms with Crippen LogP contribution in [-0.2, 0) is 10.0 Å². The Morgan fingerprint density at radius 1 is 1.00 bits per heavy atom. The van der Waals surface area contributed by atoms with E-state index in [1.165, 1.54) is 22.7 Å². The monoisotopic (exact) mass is 383 g/mol. The Bertz CT molecular complexity index is 1090. The van der Waals surface area contributed by atoms with Crippen molar-refractivity contribution >= 4 is 26.6 Å². The van der Waals surface area contributed by atoms with Gasteiger partial charge in [-0.1, -0.05) is 11.6 Å². The molecule has 142 valence electrons. The first-order valence-electron chi connectivity index (χ1n) is 9.27. The van der Waals surface area contributed by atoms with Crippen molar-refractivity contribution in [3.63, 3.8) is 0 Å². The van der Waals surface area contributed by atoms with E-state index in [9.17, 15) is 8.42 Å². The molecule has 0 saturated carbocycles. The second-order valence-electron chi connectivity index (χ2n) is 7.43. The predicted octanol–water partition coefficient (Wildman–Crippen LogP) is 3.99. The number of aromatic nitrogens is 1. The molecule has 0 bridgehead atoms. The first kappa shape index (κ1) is 18.1. The van der Waals surface area contributed by atoms with Gasteiger partial charge in [0.15, 0.2) is 0 Å². The number of hydrogen-bond acceptors (Lipinski definition) is 3. The molecule has 1 fully saturated rings. The maximum absolute atomic E-state index is 12.7. The van der Waals surface area contributed by atoms with Crippen molar-refractivity contribution in [3.05, 3.63) is 48.0 Å². The third-order valence-corrected chi connectivity index (χ3v) is 7.07. The van der Waals surface area contributed by atoms with Crippen molar-refractivity contribution < 1.29 is 8.42 Å². The van der Waals surface area contributed by atoms with Gasteiger partial charge in [-0.05, 0) is 56.2 Å². The average molecular weight is 384 g/mol. The highest BCUT2D eigenvalue weighted by Crippen LogP contribution is 2.36. The average Bonchev–Trinajstić information content (AvgIpc) is 3.30. The van der Waals surface area contributed by atoms with E-state index in [0.717, 1.165) is 40.9 Å². The Balaban J connectivity index is 1.91. The van der Waals surface area contributed by atoms with Crippen molar-refractivity contribution in [2.24, 2.45) is 0 Å². The maximum Gasteiger partial charge on any atom is 0.242 e. The molecular weight excluding hydrogens is 358 g/mol. The molecule has 2 heterocycles. The van der Waals surface area contributed by atoms with Crippen molar-refractivity contribution in [1.29, 1.82) is 0 Å². The second kappa shape index (κ2) is 6.69. The number of H-pyrrole nitrogens is 1. The summed E-state index contributed by atoms with van der Waals surface area (Å²) in [6, 6.07) is 13.9. The molecule has 0 radical (unpaired) electrons. The summed E-state index contributed by atoms with van der Waals surface area (Å²) in [6.07, 6.45) is 2.34. The smallest absolute Gasteiger partial charge is 0.242 e. The van der Waals surface area contributed by atoms with Crippen molar-refractivity contribution in [2.75, 3.05) is 32.1 Å². The number of nitrogens with zero attached hydrogens (tertiary/aromatic N) is 2. The molecule has 6 heteroatoms. The zero-order chi connectivity index (χ0) is 19.2. The van der Waals surface area contributed by atoms with Crippen LogP contribution in [0, 0.1) is 6.92 Å². The molecular formula is C21H25N3O2S. The molecule has 1 aromatic heterocycles. The Hall–Kier alpha value is -2.31. The van der Waals surface area contributed by atoms with Crippen LogP contribution >= 0.6 is 0 Å². The minimum Gasteiger partial charge on any atom is -0.371 e. The Morgan fingerprint density at radius 3 is 2.44 bits per heavy atom. The molecule has 1 aliphatic heterocycles. The number of benzene rings is 2. The van der Waals surface area contributed by atoms with Crippen LogP contribution in [0.1, 0.15) is 18.4 Å². The van der Waals surface area contributed by atoms with Crippen LogP contribution < -0.4 is 4.90 Å². The first-order valence-corrected chi connectivity index (χ1v) is 10.7. The Morgan fingerprint density at radius 2 is 1.74 bits per heavy atom. The summed E-state index contributed by atoms with van der Waals surface area (Å²) in [4.78, 5) is 6.14. The van der Waals surface area contributed by atoms with Crippen LogP contribution in [0.4, 0.5) is 5.69 Å². The van der Waals surface area contributed by atoms with E-state index in [-0.39, 0.29) is 0 Å². The lowest BCUT2D eigenvalue weighted by Crippen LogP contribution is -2.23. The van der Waals surface area contributed by atoms with Crippen LogP contribution in [0.25, 0.3) is 22.2 Å². The highest BCUT2D eigenvalue weighted by molar-refractivity contribution is 7.89. The normalized spacial score (nSPS) is 15.2. The lowest BCUT2D eigenvalue weighted by Gasteiger charge is -2.22. The second-order valence-corrected chi connectivity index (χ2v) is 9.59. The number of aromatic amines is 1. The molecule has 1 saturated heterocycles. The molecule has 0 aliphatic carbocycles. The highest BCUT2D eigenvalue weighted by Gasteiger charge is 2.23. The minimum absolute atomic E-state index is 0.320. The quantitative estimate of drug-likeness (QED) is 0.741. The summed E-state index contributed by atoms with van der Waals surface area (Å²) in [5.41, 5.74) is 5.25. The number of sulfonamides is 1. The van der Waals surface area contributed by atoms with Gasteiger partial charge in [0.1, 0.15) is 0 Å². The van der Waals surface area contributed by atoms with Crippen LogP contribution in [0.15, 0.2) is 47.4 Å². The number of aryl methyl sites for hydroxylation is 1. The number of nitrogens with one attached hydrogen (secondary N) is 1. The van der Waals surface area contributed by atoms with Gasteiger partial charge >= 0.3 is 0 Å². The van der Waals surface area contributed by atoms with E-state index >= 15 is 0 Å². The fraction of sp³-hybridized carbons (Fsp3) is 0.333. The topological polar surface area (TPSA) is 56.4 Å². The van der Waals surface area contributed by atoms with Gasteiger partial charge in [-0.25, -0.2) is 12.7 Å². The van der Waals surface area contributed by atoms with Gasteiger partial charge in [0.05, 0.1) is 4.90 Å².